The van der Waals surface area contributed by atoms with Gasteiger partial charge >= 0.3 is 0 Å². The van der Waals surface area contributed by atoms with Crippen molar-refractivity contribution >= 4 is 11.3 Å². The Labute approximate surface area is 101 Å². The van der Waals surface area contributed by atoms with Gasteiger partial charge in [0.2, 0.25) is 0 Å². The molecule has 3 nitrogen and oxygen atoms in total. The van der Waals surface area contributed by atoms with Gasteiger partial charge in [-0.3, -0.25) is 4.90 Å². The minimum atomic E-state index is 0.127. The lowest BCUT2D eigenvalue weighted by atomic mass is 10.00. The minimum absolute atomic E-state index is 0.127. The number of aromatic nitrogens is 1. The van der Waals surface area contributed by atoms with Gasteiger partial charge in [0, 0.05) is 30.2 Å². The van der Waals surface area contributed by atoms with Crippen LogP contribution in [0, 0.1) is 6.92 Å². The van der Waals surface area contributed by atoms with Gasteiger partial charge < -0.3 is 5.32 Å². The van der Waals surface area contributed by atoms with Crippen LogP contribution in [0.1, 0.15) is 30.0 Å². The summed E-state index contributed by atoms with van der Waals surface area (Å²) in [5, 5.41) is 6.96. The Morgan fingerprint density at radius 2 is 2.38 bits per heavy atom. The molecule has 1 N–H and O–H groups in total. The number of aryl methyl sites for hydroxylation is 1. The van der Waals surface area contributed by atoms with Crippen LogP contribution in [0.4, 0.5) is 0 Å². The molecule has 1 atom stereocenters. The summed E-state index contributed by atoms with van der Waals surface area (Å²) in [5.41, 5.74) is 1.28. The Hall–Kier alpha value is -0.450. The maximum atomic E-state index is 4.68. The van der Waals surface area contributed by atoms with Gasteiger partial charge in [0.15, 0.2) is 0 Å². The molecule has 1 saturated carbocycles. The molecule has 1 aromatic rings. The normalized spacial score (nSPS) is 31.1. The van der Waals surface area contributed by atoms with Crippen LogP contribution >= 0.6 is 11.3 Å². The van der Waals surface area contributed by atoms with Crippen molar-refractivity contribution in [3.05, 3.63) is 16.1 Å². The van der Waals surface area contributed by atoms with E-state index in [1.807, 2.05) is 0 Å². The number of rotatable bonds is 3. The summed E-state index contributed by atoms with van der Waals surface area (Å²) in [7, 11) is 2.08. The van der Waals surface area contributed by atoms with E-state index in [0.29, 0.717) is 0 Å². The van der Waals surface area contributed by atoms with Crippen LogP contribution in [-0.2, 0) is 5.54 Å². The van der Waals surface area contributed by atoms with Crippen LogP contribution in [0.15, 0.2) is 5.38 Å². The summed E-state index contributed by atoms with van der Waals surface area (Å²) >= 11 is 1.80. The summed E-state index contributed by atoms with van der Waals surface area (Å²) in [6.07, 6.45) is 4.00. The second kappa shape index (κ2) is 3.79. The average molecular weight is 237 g/mol. The summed E-state index contributed by atoms with van der Waals surface area (Å²) < 4.78 is 0. The van der Waals surface area contributed by atoms with Crippen LogP contribution < -0.4 is 5.32 Å². The highest BCUT2D eigenvalue weighted by Gasteiger charge is 2.44. The lowest BCUT2D eigenvalue weighted by Crippen LogP contribution is -2.42. The Kier molecular flexibility index (Phi) is 2.53. The average Bonchev–Trinajstić information content (AvgIpc) is 2.89. The van der Waals surface area contributed by atoms with Crippen molar-refractivity contribution in [2.45, 2.75) is 37.8 Å². The third-order valence-electron chi connectivity index (χ3n) is 3.87. The zero-order chi connectivity index (χ0) is 11.2. The molecule has 3 rings (SSSR count). The molecule has 0 bridgehead atoms. The summed E-state index contributed by atoms with van der Waals surface area (Å²) in [6, 6.07) is 0.872. The van der Waals surface area contributed by atoms with E-state index in [4.69, 9.17) is 0 Å². The minimum Gasteiger partial charge on any atom is -0.307 e. The fourth-order valence-electron chi connectivity index (χ4n) is 2.65. The maximum Gasteiger partial charge on any atom is 0.114 e. The van der Waals surface area contributed by atoms with Gasteiger partial charge in [-0.1, -0.05) is 0 Å². The van der Waals surface area contributed by atoms with Crippen LogP contribution in [-0.4, -0.2) is 36.1 Å². The molecular weight excluding hydrogens is 218 g/mol. The number of hydrogen-bond acceptors (Lipinski definition) is 4. The van der Waals surface area contributed by atoms with E-state index < -0.39 is 0 Å². The van der Waals surface area contributed by atoms with E-state index in [1.54, 1.807) is 11.3 Å². The number of likely N-dealkylation sites (tertiary alicyclic amines) is 1. The maximum absolute atomic E-state index is 4.68. The van der Waals surface area contributed by atoms with Crippen molar-refractivity contribution < 1.29 is 0 Å². The zero-order valence-electron chi connectivity index (χ0n) is 9.99. The molecule has 2 aliphatic rings. The molecule has 1 unspecified atom stereocenters. The Morgan fingerprint density at radius 1 is 1.56 bits per heavy atom. The number of hydrogen-bond donors (Lipinski definition) is 1. The highest BCUT2D eigenvalue weighted by atomic mass is 32.1. The molecule has 0 radical (unpaired) electrons. The van der Waals surface area contributed by atoms with Gasteiger partial charge in [0.25, 0.3) is 0 Å². The molecule has 4 heteroatoms. The standard InChI is InChI=1S/C12H19N3S/c1-9-7-16-11(14-9)12(13-2)5-6-15(8-12)10-3-4-10/h7,10,13H,3-6,8H2,1-2H3. The van der Waals surface area contributed by atoms with Gasteiger partial charge in [0.1, 0.15) is 5.01 Å². The highest BCUT2D eigenvalue weighted by Crippen LogP contribution is 2.39. The molecule has 0 aromatic carbocycles. The molecule has 2 heterocycles. The van der Waals surface area contributed by atoms with Gasteiger partial charge in [-0.2, -0.15) is 0 Å². The van der Waals surface area contributed by atoms with E-state index in [-0.39, 0.29) is 5.54 Å². The van der Waals surface area contributed by atoms with Crippen LogP contribution in [0.5, 0.6) is 0 Å². The summed E-state index contributed by atoms with van der Waals surface area (Å²) in [6.45, 7) is 4.45. The molecule has 0 spiro atoms. The molecule has 16 heavy (non-hydrogen) atoms. The predicted octanol–water partition coefficient (Wildman–Crippen LogP) is 1.73. The van der Waals surface area contributed by atoms with Crippen molar-refractivity contribution in [2.24, 2.45) is 0 Å². The second-order valence-corrected chi connectivity index (χ2v) is 5.94. The fraction of sp³-hybridized carbons (Fsp3) is 0.750. The number of likely N-dealkylation sites (N-methyl/N-ethyl adjacent to an activating group) is 1. The Bertz CT molecular complexity index is 385. The fourth-order valence-corrected chi connectivity index (χ4v) is 3.68. The quantitative estimate of drug-likeness (QED) is 0.868. The van der Waals surface area contributed by atoms with Crippen molar-refractivity contribution in [1.82, 2.24) is 15.2 Å². The molecular formula is C12H19N3S. The highest BCUT2D eigenvalue weighted by molar-refractivity contribution is 7.09. The SMILES string of the molecule is CNC1(c2nc(C)cs2)CCN(C2CC2)C1. The monoisotopic (exact) mass is 237 g/mol. The zero-order valence-corrected chi connectivity index (χ0v) is 10.8. The first-order valence-corrected chi connectivity index (χ1v) is 6.97. The Morgan fingerprint density at radius 3 is 2.94 bits per heavy atom. The van der Waals surface area contributed by atoms with Gasteiger partial charge in [-0.05, 0) is 33.2 Å². The first-order valence-electron chi connectivity index (χ1n) is 6.09. The second-order valence-electron chi connectivity index (χ2n) is 5.08. The predicted molar refractivity (Wildman–Crippen MR) is 66.8 cm³/mol. The molecule has 1 aliphatic carbocycles. The number of thiazole rings is 1. The number of nitrogens with one attached hydrogen (secondary N) is 1. The van der Waals surface area contributed by atoms with Crippen molar-refractivity contribution in [2.75, 3.05) is 20.1 Å². The topological polar surface area (TPSA) is 28.2 Å². The van der Waals surface area contributed by atoms with E-state index in [9.17, 15) is 0 Å². The first-order chi connectivity index (χ1) is 7.73. The van der Waals surface area contributed by atoms with E-state index in [0.717, 1.165) is 18.3 Å². The molecule has 1 saturated heterocycles. The molecule has 88 valence electrons. The largest absolute Gasteiger partial charge is 0.307 e. The van der Waals surface area contributed by atoms with E-state index in [1.165, 1.54) is 30.8 Å². The smallest absolute Gasteiger partial charge is 0.114 e. The Balaban J connectivity index is 1.83. The van der Waals surface area contributed by atoms with E-state index in [2.05, 4.69) is 34.6 Å². The summed E-state index contributed by atoms with van der Waals surface area (Å²) in [4.78, 5) is 7.31. The molecule has 2 fully saturated rings. The van der Waals surface area contributed by atoms with Gasteiger partial charge in [0.05, 0.1) is 5.54 Å². The van der Waals surface area contributed by atoms with Crippen LogP contribution in [0.2, 0.25) is 0 Å². The van der Waals surface area contributed by atoms with Gasteiger partial charge in [-0.15, -0.1) is 11.3 Å². The number of nitrogens with zero attached hydrogens (tertiary/aromatic N) is 2. The van der Waals surface area contributed by atoms with Crippen LogP contribution in [0.3, 0.4) is 0 Å². The lowest BCUT2D eigenvalue weighted by molar-refractivity contribution is 0.283. The third kappa shape index (κ3) is 1.69. The molecule has 1 aromatic heterocycles. The third-order valence-corrected chi connectivity index (χ3v) is 5.03. The summed E-state index contributed by atoms with van der Waals surface area (Å²) in [5.74, 6) is 0. The van der Waals surface area contributed by atoms with Crippen molar-refractivity contribution in [1.29, 1.82) is 0 Å². The molecule has 1 aliphatic heterocycles. The van der Waals surface area contributed by atoms with Crippen LogP contribution in [0.25, 0.3) is 0 Å². The van der Waals surface area contributed by atoms with E-state index >= 15 is 0 Å². The van der Waals surface area contributed by atoms with Gasteiger partial charge in [-0.25, -0.2) is 4.98 Å². The lowest BCUT2D eigenvalue weighted by Gasteiger charge is -2.27. The molecule has 0 amide bonds. The first kappa shape index (κ1) is 10.7. The van der Waals surface area contributed by atoms with Crippen molar-refractivity contribution in [3.8, 4) is 0 Å². The van der Waals surface area contributed by atoms with Crippen molar-refractivity contribution in [3.63, 3.8) is 0 Å².